The monoisotopic (exact) mass is 344 g/mol. The van der Waals surface area contributed by atoms with E-state index in [0.29, 0.717) is 34.5 Å². The van der Waals surface area contributed by atoms with Gasteiger partial charge in [-0.05, 0) is 5.56 Å². The Kier molecular flexibility index (Phi) is 2.37. The van der Waals surface area contributed by atoms with E-state index in [9.17, 15) is 9.59 Å². The molecule has 25 heavy (non-hydrogen) atoms. The minimum atomic E-state index is -0.710. The molecule has 0 N–H and O–H groups in total. The summed E-state index contributed by atoms with van der Waals surface area (Å²) in [5.41, 5.74) is 0.941. The van der Waals surface area contributed by atoms with E-state index < -0.39 is 17.9 Å². The molecule has 2 unspecified atom stereocenters. The van der Waals surface area contributed by atoms with E-state index in [0.717, 1.165) is 5.56 Å². The zero-order chi connectivity index (χ0) is 16.9. The smallest absolute Gasteiger partial charge is 0.351 e. The van der Waals surface area contributed by atoms with Gasteiger partial charge in [0.05, 0.1) is 30.6 Å². The van der Waals surface area contributed by atoms with Gasteiger partial charge in [0.2, 0.25) is 6.29 Å². The molecule has 0 radical (unpaired) electrons. The highest BCUT2D eigenvalue weighted by Gasteiger charge is 2.63. The highest BCUT2D eigenvalue weighted by Crippen LogP contribution is 2.57. The summed E-state index contributed by atoms with van der Waals surface area (Å²) in [4.78, 5) is 24.5. The number of epoxide rings is 1. The van der Waals surface area contributed by atoms with Crippen LogP contribution in [-0.2, 0) is 20.6 Å². The van der Waals surface area contributed by atoms with Gasteiger partial charge in [-0.2, -0.15) is 0 Å². The molecule has 2 saturated heterocycles. The lowest BCUT2D eigenvalue weighted by atomic mass is 9.92. The highest BCUT2D eigenvalue weighted by molar-refractivity contribution is 6.01. The van der Waals surface area contributed by atoms with Crippen LogP contribution in [0, 0.1) is 0 Å². The fraction of sp³-hybridized carbons (Fsp3) is 0.412. The van der Waals surface area contributed by atoms with Gasteiger partial charge in [0.15, 0.2) is 6.29 Å². The number of fused-ring (bicyclic) bond motifs is 9. The summed E-state index contributed by atoms with van der Waals surface area (Å²) in [7, 11) is 1.52. The van der Waals surface area contributed by atoms with Gasteiger partial charge in [-0.3, -0.25) is 0 Å². The maximum atomic E-state index is 12.5. The van der Waals surface area contributed by atoms with E-state index in [2.05, 4.69) is 0 Å². The van der Waals surface area contributed by atoms with Crippen molar-refractivity contribution in [1.29, 1.82) is 0 Å². The van der Waals surface area contributed by atoms with Crippen LogP contribution < -0.4 is 15.1 Å². The van der Waals surface area contributed by atoms with Gasteiger partial charge < -0.3 is 28.1 Å². The summed E-state index contributed by atoms with van der Waals surface area (Å²) in [5, 5.41) is 0.612. The first-order chi connectivity index (χ1) is 12.2. The number of rotatable bonds is 1. The van der Waals surface area contributed by atoms with Crippen LogP contribution in [0.5, 0.6) is 11.5 Å². The van der Waals surface area contributed by atoms with Crippen molar-refractivity contribution in [2.45, 2.75) is 31.0 Å². The average Bonchev–Trinajstić information content (AvgIpc) is 3.11. The van der Waals surface area contributed by atoms with Gasteiger partial charge in [-0.25, -0.2) is 9.59 Å². The Hall–Kier alpha value is -2.58. The van der Waals surface area contributed by atoms with E-state index in [4.69, 9.17) is 28.1 Å². The second-order valence-corrected chi connectivity index (χ2v) is 6.44. The minimum Gasteiger partial charge on any atom is -0.496 e. The molecule has 4 aliphatic rings. The normalized spacial score (nSPS) is 30.8. The molecule has 2 aromatic rings. The Morgan fingerprint density at radius 3 is 2.92 bits per heavy atom. The van der Waals surface area contributed by atoms with E-state index in [1.807, 2.05) is 0 Å². The maximum absolute atomic E-state index is 12.5. The van der Waals surface area contributed by atoms with E-state index in [-0.39, 0.29) is 30.5 Å². The number of carbonyl (C=O) groups is 1. The van der Waals surface area contributed by atoms with Crippen molar-refractivity contribution >= 4 is 16.9 Å². The van der Waals surface area contributed by atoms with Crippen molar-refractivity contribution in [3.8, 4) is 11.5 Å². The molecule has 4 atom stereocenters. The third-order valence-electron chi connectivity index (χ3n) is 5.23. The summed E-state index contributed by atoms with van der Waals surface area (Å²) in [6.45, 7) is 0.212. The molecule has 5 heterocycles. The number of carbonyl (C=O) groups excluding carboxylic acids is 1. The topological polar surface area (TPSA) is 96.7 Å². The molecule has 0 aliphatic carbocycles. The number of hydrogen-bond acceptors (Lipinski definition) is 8. The summed E-state index contributed by atoms with van der Waals surface area (Å²) in [5.74, 6) is 0.208. The molecule has 0 spiro atoms. The SMILES string of the molecule is COc1cc2c(c3oc(=O)c4c(c13)CCOC4=O)[C@@H]1C3OC3O[C@H]1O2. The fourth-order valence-electron chi connectivity index (χ4n) is 4.13. The zero-order valence-electron chi connectivity index (χ0n) is 13.1. The first-order valence-corrected chi connectivity index (χ1v) is 8.02. The van der Waals surface area contributed by atoms with E-state index in [1.54, 1.807) is 6.07 Å². The number of esters is 1. The molecule has 0 amide bonds. The first kappa shape index (κ1) is 13.7. The molecule has 1 aromatic heterocycles. The lowest BCUT2D eigenvalue weighted by Crippen LogP contribution is -2.26. The van der Waals surface area contributed by atoms with E-state index in [1.165, 1.54) is 7.11 Å². The quantitative estimate of drug-likeness (QED) is 0.431. The number of ether oxygens (including phenoxy) is 5. The molecule has 1 aromatic carbocycles. The molecule has 4 aliphatic heterocycles. The fourth-order valence-corrected chi connectivity index (χ4v) is 4.13. The van der Waals surface area contributed by atoms with Crippen LogP contribution >= 0.6 is 0 Å². The van der Waals surface area contributed by atoms with Crippen LogP contribution in [0.1, 0.15) is 27.4 Å². The predicted molar refractivity (Wildman–Crippen MR) is 79.9 cm³/mol. The van der Waals surface area contributed by atoms with Crippen LogP contribution in [-0.4, -0.2) is 38.4 Å². The van der Waals surface area contributed by atoms with Crippen molar-refractivity contribution in [3.63, 3.8) is 0 Å². The second kappa shape index (κ2) is 4.33. The zero-order valence-corrected chi connectivity index (χ0v) is 13.1. The molecule has 8 nitrogen and oxygen atoms in total. The van der Waals surface area contributed by atoms with Gasteiger partial charge in [-0.1, -0.05) is 0 Å². The third-order valence-corrected chi connectivity index (χ3v) is 5.23. The number of hydrogen-bond donors (Lipinski definition) is 0. The van der Waals surface area contributed by atoms with Crippen molar-refractivity contribution in [2.75, 3.05) is 13.7 Å². The molecule has 128 valence electrons. The summed E-state index contributed by atoms with van der Waals surface area (Å²) >= 11 is 0. The molecule has 0 bridgehead atoms. The van der Waals surface area contributed by atoms with Gasteiger partial charge in [0.25, 0.3) is 0 Å². The van der Waals surface area contributed by atoms with Gasteiger partial charge in [-0.15, -0.1) is 0 Å². The standard InChI is InChI=1S/C17H12O8/c1-20-6-4-7-10(11-13-17(24-13)25-16(11)22-7)12-8(6)5-2-3-21-14(18)9(5)15(19)23-12/h4,11,13,16-17H,2-3H2,1H3/t11-,13?,16-,17?/m1/s1. The largest absolute Gasteiger partial charge is 0.496 e. The van der Waals surface area contributed by atoms with Gasteiger partial charge >= 0.3 is 11.6 Å². The molecular weight excluding hydrogens is 332 g/mol. The summed E-state index contributed by atoms with van der Waals surface area (Å²) in [6.07, 6.45) is -0.402. The van der Waals surface area contributed by atoms with Crippen molar-refractivity contribution in [1.82, 2.24) is 0 Å². The highest BCUT2D eigenvalue weighted by atomic mass is 16.8. The summed E-state index contributed by atoms with van der Waals surface area (Å²) in [6, 6.07) is 1.75. The lowest BCUT2D eigenvalue weighted by Gasteiger charge is -2.19. The number of benzene rings is 1. The van der Waals surface area contributed by atoms with Crippen molar-refractivity contribution < 1.29 is 32.9 Å². The molecule has 2 fully saturated rings. The van der Waals surface area contributed by atoms with Crippen LogP contribution in [0.3, 0.4) is 0 Å². The van der Waals surface area contributed by atoms with Gasteiger partial charge in [0.1, 0.15) is 28.7 Å². The third kappa shape index (κ3) is 1.58. The Balaban J connectivity index is 1.73. The van der Waals surface area contributed by atoms with Crippen LogP contribution in [0.25, 0.3) is 11.0 Å². The Morgan fingerprint density at radius 2 is 2.08 bits per heavy atom. The predicted octanol–water partition coefficient (Wildman–Crippen LogP) is 1.07. The van der Waals surface area contributed by atoms with Gasteiger partial charge in [0, 0.05) is 12.5 Å². The Bertz CT molecular complexity index is 1020. The van der Waals surface area contributed by atoms with Crippen LogP contribution in [0.2, 0.25) is 0 Å². The summed E-state index contributed by atoms with van der Waals surface area (Å²) < 4.78 is 33.0. The molecule has 6 rings (SSSR count). The van der Waals surface area contributed by atoms with Crippen molar-refractivity contribution in [3.05, 3.63) is 33.2 Å². The first-order valence-electron chi connectivity index (χ1n) is 8.02. The lowest BCUT2D eigenvalue weighted by molar-refractivity contribution is -0.109. The molecule has 0 saturated carbocycles. The Labute approximate surface area is 140 Å². The molecular formula is C17H12O8. The number of cyclic esters (lactones) is 1. The maximum Gasteiger partial charge on any atom is 0.351 e. The Morgan fingerprint density at radius 1 is 1.20 bits per heavy atom. The second-order valence-electron chi connectivity index (χ2n) is 6.44. The molecule has 8 heteroatoms. The average molecular weight is 344 g/mol. The van der Waals surface area contributed by atoms with Crippen LogP contribution in [0.15, 0.2) is 15.3 Å². The minimum absolute atomic E-state index is 0.0596. The van der Waals surface area contributed by atoms with E-state index >= 15 is 0 Å². The number of methoxy groups -OCH3 is 1. The van der Waals surface area contributed by atoms with Crippen molar-refractivity contribution in [2.24, 2.45) is 0 Å². The van der Waals surface area contributed by atoms with Crippen LogP contribution in [0.4, 0.5) is 0 Å².